The van der Waals surface area contributed by atoms with Gasteiger partial charge < -0.3 is 10.2 Å². The zero-order valence-corrected chi connectivity index (χ0v) is 13.3. The van der Waals surface area contributed by atoms with E-state index in [1.807, 2.05) is 18.2 Å². The second-order valence-corrected chi connectivity index (χ2v) is 6.71. The number of amides is 1. The van der Waals surface area contributed by atoms with Gasteiger partial charge in [0.05, 0.1) is 4.88 Å². The summed E-state index contributed by atoms with van der Waals surface area (Å²) >= 11 is 1.62. The van der Waals surface area contributed by atoms with Gasteiger partial charge >= 0.3 is 0 Å². The summed E-state index contributed by atoms with van der Waals surface area (Å²) in [4.78, 5) is 15.9. The highest BCUT2D eigenvalue weighted by Gasteiger charge is 2.26. The highest BCUT2D eigenvalue weighted by atomic mass is 32.1. The van der Waals surface area contributed by atoms with Crippen LogP contribution < -0.4 is 5.32 Å². The first-order chi connectivity index (χ1) is 10.3. The predicted molar refractivity (Wildman–Crippen MR) is 89.0 cm³/mol. The van der Waals surface area contributed by atoms with Crippen LogP contribution in [0.5, 0.6) is 0 Å². The summed E-state index contributed by atoms with van der Waals surface area (Å²) in [5.74, 6) is 0.213. The van der Waals surface area contributed by atoms with E-state index in [2.05, 4.69) is 29.3 Å². The number of nitrogens with zero attached hydrogens (tertiary/aromatic N) is 1. The number of hydrogen-bond acceptors (Lipinski definition) is 3. The van der Waals surface area contributed by atoms with Gasteiger partial charge in [-0.3, -0.25) is 4.79 Å². The highest BCUT2D eigenvalue weighted by Crippen LogP contribution is 2.27. The maximum absolute atomic E-state index is 12.9. The van der Waals surface area contributed by atoms with Crippen LogP contribution in [0.3, 0.4) is 0 Å². The van der Waals surface area contributed by atoms with Crippen LogP contribution in [-0.2, 0) is 0 Å². The van der Waals surface area contributed by atoms with Crippen molar-refractivity contribution in [3.63, 3.8) is 0 Å². The summed E-state index contributed by atoms with van der Waals surface area (Å²) in [5.41, 5.74) is 0. The number of nitrogens with one attached hydrogen (secondary N) is 1. The van der Waals surface area contributed by atoms with Gasteiger partial charge in [0.1, 0.15) is 0 Å². The molecule has 1 N–H and O–H groups in total. The van der Waals surface area contributed by atoms with E-state index in [-0.39, 0.29) is 5.91 Å². The Morgan fingerprint density at radius 1 is 1.33 bits per heavy atom. The largest absolute Gasteiger partial charge is 0.335 e. The number of piperidine rings is 1. The number of benzene rings is 1. The summed E-state index contributed by atoms with van der Waals surface area (Å²) < 4.78 is 1.20. The lowest BCUT2D eigenvalue weighted by Gasteiger charge is -2.34. The van der Waals surface area contributed by atoms with Gasteiger partial charge in [-0.25, -0.2) is 0 Å². The standard InChI is InChI=1S/C17H22N2OS/c1-2-11-19(14-7-9-18-10-8-14)17(20)16-12-13-5-3-4-6-15(13)21-16/h3-6,12,14,18H,2,7-11H2,1H3. The van der Waals surface area contributed by atoms with Gasteiger partial charge in [-0.05, 0) is 49.9 Å². The first-order valence-corrected chi connectivity index (χ1v) is 8.61. The molecule has 2 heterocycles. The Morgan fingerprint density at radius 2 is 2.10 bits per heavy atom. The molecule has 0 aliphatic carbocycles. The number of carbonyl (C=O) groups excluding carboxylic acids is 1. The third kappa shape index (κ3) is 3.11. The summed E-state index contributed by atoms with van der Waals surface area (Å²) in [6.07, 6.45) is 3.15. The molecule has 1 aliphatic rings. The van der Waals surface area contributed by atoms with E-state index in [1.54, 1.807) is 11.3 Å². The molecule has 1 aromatic heterocycles. The molecule has 4 heteroatoms. The van der Waals surface area contributed by atoms with Crippen molar-refractivity contribution in [2.45, 2.75) is 32.2 Å². The van der Waals surface area contributed by atoms with E-state index in [0.29, 0.717) is 6.04 Å². The third-order valence-electron chi connectivity index (χ3n) is 4.11. The summed E-state index contributed by atoms with van der Waals surface area (Å²) in [6.45, 7) is 5.04. The average molecular weight is 302 g/mol. The second kappa shape index (κ2) is 6.58. The number of hydrogen-bond donors (Lipinski definition) is 1. The number of carbonyl (C=O) groups is 1. The smallest absolute Gasteiger partial charge is 0.264 e. The first kappa shape index (κ1) is 14.5. The van der Waals surface area contributed by atoms with E-state index < -0.39 is 0 Å². The van der Waals surface area contributed by atoms with Crippen molar-refractivity contribution in [3.05, 3.63) is 35.2 Å². The Hall–Kier alpha value is -1.39. The van der Waals surface area contributed by atoms with Crippen molar-refractivity contribution in [3.8, 4) is 0 Å². The van der Waals surface area contributed by atoms with Crippen molar-refractivity contribution in [2.24, 2.45) is 0 Å². The second-order valence-electron chi connectivity index (χ2n) is 5.63. The van der Waals surface area contributed by atoms with Gasteiger partial charge in [0.2, 0.25) is 0 Å². The van der Waals surface area contributed by atoms with E-state index in [9.17, 15) is 4.79 Å². The lowest BCUT2D eigenvalue weighted by atomic mass is 10.0. The van der Waals surface area contributed by atoms with E-state index >= 15 is 0 Å². The molecule has 0 atom stereocenters. The molecular formula is C17H22N2OS. The van der Waals surface area contributed by atoms with Crippen molar-refractivity contribution >= 4 is 27.3 Å². The fourth-order valence-electron chi connectivity index (χ4n) is 3.04. The van der Waals surface area contributed by atoms with Gasteiger partial charge in [0.15, 0.2) is 0 Å². The van der Waals surface area contributed by atoms with Gasteiger partial charge in [-0.2, -0.15) is 0 Å². The molecule has 1 aliphatic heterocycles. The zero-order valence-electron chi connectivity index (χ0n) is 12.5. The Kier molecular flexibility index (Phi) is 4.56. The van der Waals surface area contributed by atoms with Gasteiger partial charge in [-0.1, -0.05) is 25.1 Å². The van der Waals surface area contributed by atoms with Crippen molar-refractivity contribution < 1.29 is 4.79 Å². The van der Waals surface area contributed by atoms with Crippen LogP contribution in [0.1, 0.15) is 35.9 Å². The maximum atomic E-state index is 12.9. The molecule has 2 aromatic rings. The van der Waals surface area contributed by atoms with Crippen LogP contribution in [-0.4, -0.2) is 36.5 Å². The summed E-state index contributed by atoms with van der Waals surface area (Å²) in [6, 6.07) is 10.7. The molecule has 1 amide bonds. The van der Waals surface area contributed by atoms with Crippen LogP contribution in [0, 0.1) is 0 Å². The van der Waals surface area contributed by atoms with Crippen LogP contribution >= 0.6 is 11.3 Å². The van der Waals surface area contributed by atoms with Crippen LogP contribution in [0.4, 0.5) is 0 Å². The zero-order chi connectivity index (χ0) is 14.7. The molecule has 0 radical (unpaired) electrons. The molecule has 0 unspecified atom stereocenters. The van der Waals surface area contributed by atoms with E-state index in [4.69, 9.17) is 0 Å². The van der Waals surface area contributed by atoms with Crippen molar-refractivity contribution in [2.75, 3.05) is 19.6 Å². The molecule has 1 aromatic carbocycles. The Morgan fingerprint density at radius 3 is 2.81 bits per heavy atom. The lowest BCUT2D eigenvalue weighted by Crippen LogP contribution is -2.46. The minimum atomic E-state index is 0.213. The average Bonchev–Trinajstić information content (AvgIpc) is 2.97. The van der Waals surface area contributed by atoms with E-state index in [0.717, 1.165) is 43.8 Å². The molecule has 3 rings (SSSR count). The minimum absolute atomic E-state index is 0.213. The SMILES string of the molecule is CCCN(C(=O)c1cc2ccccc2s1)C1CCNCC1. The lowest BCUT2D eigenvalue weighted by molar-refractivity contribution is 0.0648. The molecular weight excluding hydrogens is 280 g/mol. The highest BCUT2D eigenvalue weighted by molar-refractivity contribution is 7.20. The monoisotopic (exact) mass is 302 g/mol. The fourth-order valence-corrected chi connectivity index (χ4v) is 4.06. The molecule has 21 heavy (non-hydrogen) atoms. The molecule has 1 saturated heterocycles. The molecule has 0 spiro atoms. The van der Waals surface area contributed by atoms with Crippen LogP contribution in [0.15, 0.2) is 30.3 Å². The summed E-state index contributed by atoms with van der Waals surface area (Å²) in [5, 5.41) is 4.55. The van der Waals surface area contributed by atoms with Crippen molar-refractivity contribution in [1.82, 2.24) is 10.2 Å². The topological polar surface area (TPSA) is 32.3 Å². The van der Waals surface area contributed by atoms with Crippen LogP contribution in [0.2, 0.25) is 0 Å². The minimum Gasteiger partial charge on any atom is -0.335 e. The predicted octanol–water partition coefficient (Wildman–Crippen LogP) is 3.51. The quantitative estimate of drug-likeness (QED) is 0.937. The number of thiophene rings is 1. The fraction of sp³-hybridized carbons (Fsp3) is 0.471. The number of fused-ring (bicyclic) bond motifs is 1. The van der Waals surface area contributed by atoms with Gasteiger partial charge in [0.25, 0.3) is 5.91 Å². The van der Waals surface area contributed by atoms with Gasteiger partial charge in [0, 0.05) is 17.3 Å². The maximum Gasteiger partial charge on any atom is 0.264 e. The van der Waals surface area contributed by atoms with E-state index in [1.165, 1.54) is 10.1 Å². The molecule has 3 nitrogen and oxygen atoms in total. The first-order valence-electron chi connectivity index (χ1n) is 7.80. The Bertz CT molecular complexity index is 583. The Labute approximate surface area is 130 Å². The third-order valence-corrected chi connectivity index (χ3v) is 5.22. The molecule has 0 saturated carbocycles. The molecule has 1 fully saturated rings. The summed E-state index contributed by atoms with van der Waals surface area (Å²) in [7, 11) is 0. The molecule has 112 valence electrons. The Balaban J connectivity index is 1.85. The van der Waals surface area contributed by atoms with Gasteiger partial charge in [-0.15, -0.1) is 11.3 Å². The number of rotatable bonds is 4. The van der Waals surface area contributed by atoms with Crippen LogP contribution in [0.25, 0.3) is 10.1 Å². The normalized spacial score (nSPS) is 16.2. The van der Waals surface area contributed by atoms with Crippen molar-refractivity contribution in [1.29, 1.82) is 0 Å². The molecule has 0 bridgehead atoms.